The smallest absolute Gasteiger partial charge is 0.207 e. The molecule has 0 saturated heterocycles. The first kappa shape index (κ1) is 14.2. The Balaban J connectivity index is 1.94. The van der Waals surface area contributed by atoms with Gasteiger partial charge in [0.15, 0.2) is 0 Å². The number of benzene rings is 2. The van der Waals surface area contributed by atoms with Gasteiger partial charge >= 0.3 is 0 Å². The summed E-state index contributed by atoms with van der Waals surface area (Å²) in [7, 11) is -3.58. The lowest BCUT2D eigenvalue weighted by atomic mass is 10.0. The first-order valence-electron chi connectivity index (χ1n) is 6.90. The lowest BCUT2D eigenvalue weighted by molar-refractivity contribution is 0.410. The molecule has 0 aliphatic carbocycles. The van der Waals surface area contributed by atoms with Crippen LogP contribution in [0.5, 0.6) is 0 Å². The van der Waals surface area contributed by atoms with Crippen molar-refractivity contribution < 1.29 is 12.8 Å². The maximum Gasteiger partial charge on any atom is 0.243 e. The summed E-state index contributed by atoms with van der Waals surface area (Å²) in [6, 6.07) is 12.9. The highest BCUT2D eigenvalue weighted by Gasteiger charge is 2.26. The third kappa shape index (κ3) is 2.84. The van der Waals surface area contributed by atoms with Crippen LogP contribution in [-0.4, -0.2) is 19.3 Å². The number of aryl methyl sites for hydroxylation is 1. The Morgan fingerprint density at radius 3 is 2.33 bits per heavy atom. The molecule has 3 nitrogen and oxygen atoms in total. The maximum absolute atomic E-state index is 13.0. The fourth-order valence-corrected chi connectivity index (χ4v) is 4.09. The molecule has 1 aliphatic heterocycles. The number of sulfonamides is 1. The van der Waals surface area contributed by atoms with E-state index in [0.29, 0.717) is 13.1 Å². The van der Waals surface area contributed by atoms with Crippen molar-refractivity contribution in [3.8, 4) is 0 Å². The summed E-state index contributed by atoms with van der Waals surface area (Å²) >= 11 is 0. The molecule has 21 heavy (non-hydrogen) atoms. The van der Waals surface area contributed by atoms with Gasteiger partial charge in [0, 0.05) is 13.1 Å². The van der Waals surface area contributed by atoms with Crippen molar-refractivity contribution in [1.82, 2.24) is 4.31 Å². The Morgan fingerprint density at radius 1 is 0.952 bits per heavy atom. The molecule has 0 amide bonds. The van der Waals surface area contributed by atoms with Gasteiger partial charge in [-0.3, -0.25) is 0 Å². The summed E-state index contributed by atoms with van der Waals surface area (Å²) in [6.45, 7) is 0.851. The second-order valence-electron chi connectivity index (χ2n) is 5.16. The Kier molecular flexibility index (Phi) is 3.78. The van der Waals surface area contributed by atoms with Crippen LogP contribution in [-0.2, 0) is 23.0 Å². The molecule has 110 valence electrons. The Morgan fingerprint density at radius 2 is 1.62 bits per heavy atom. The minimum atomic E-state index is -3.58. The summed E-state index contributed by atoms with van der Waals surface area (Å²) < 4.78 is 39.8. The van der Waals surface area contributed by atoms with Crippen LogP contribution in [0, 0.1) is 5.82 Å². The van der Waals surface area contributed by atoms with Crippen molar-refractivity contribution in [1.29, 1.82) is 0 Å². The maximum atomic E-state index is 13.0. The molecule has 0 spiro atoms. The van der Waals surface area contributed by atoms with Gasteiger partial charge in [-0.1, -0.05) is 24.3 Å². The molecule has 0 unspecified atom stereocenters. The van der Waals surface area contributed by atoms with Gasteiger partial charge in [-0.2, -0.15) is 4.31 Å². The highest BCUT2D eigenvalue weighted by molar-refractivity contribution is 7.89. The molecule has 0 radical (unpaired) electrons. The molecule has 0 fully saturated rings. The second-order valence-corrected chi connectivity index (χ2v) is 7.10. The van der Waals surface area contributed by atoms with E-state index in [1.165, 1.54) is 34.1 Å². The third-order valence-corrected chi connectivity index (χ3v) is 5.63. The van der Waals surface area contributed by atoms with Gasteiger partial charge in [0.2, 0.25) is 10.0 Å². The summed E-state index contributed by atoms with van der Waals surface area (Å²) in [4.78, 5) is 0.142. The lowest BCUT2D eigenvalue weighted by Crippen LogP contribution is -2.30. The first-order chi connectivity index (χ1) is 10.1. The fourth-order valence-electron chi connectivity index (χ4n) is 2.63. The zero-order chi connectivity index (χ0) is 14.9. The standard InChI is InChI=1S/C16H16FNO2S/c17-15-7-9-16(10-8-15)21(19,20)18-11-3-6-13-4-1-2-5-14(13)12-18/h1-2,4-5,7-10H,3,6,11-12H2. The summed E-state index contributed by atoms with van der Waals surface area (Å²) in [6.07, 6.45) is 1.67. The Hall–Kier alpha value is -1.72. The van der Waals surface area contributed by atoms with E-state index in [9.17, 15) is 12.8 Å². The Bertz CT molecular complexity index is 741. The first-order valence-corrected chi connectivity index (χ1v) is 8.34. The zero-order valence-corrected chi connectivity index (χ0v) is 12.3. The van der Waals surface area contributed by atoms with E-state index in [0.717, 1.165) is 18.4 Å². The lowest BCUT2D eigenvalue weighted by Gasteiger charge is -2.20. The molecule has 0 aromatic heterocycles. The molecule has 5 heteroatoms. The van der Waals surface area contributed by atoms with Crippen LogP contribution in [0.1, 0.15) is 17.5 Å². The number of halogens is 1. The van der Waals surface area contributed by atoms with E-state index >= 15 is 0 Å². The van der Waals surface area contributed by atoms with E-state index in [4.69, 9.17) is 0 Å². The number of hydrogen-bond donors (Lipinski definition) is 0. The van der Waals surface area contributed by atoms with E-state index < -0.39 is 15.8 Å². The molecule has 0 atom stereocenters. The topological polar surface area (TPSA) is 37.4 Å². The highest BCUT2D eigenvalue weighted by atomic mass is 32.2. The van der Waals surface area contributed by atoms with Gasteiger partial charge in [-0.05, 0) is 48.2 Å². The highest BCUT2D eigenvalue weighted by Crippen LogP contribution is 2.24. The van der Waals surface area contributed by atoms with E-state index in [1.54, 1.807) is 0 Å². The van der Waals surface area contributed by atoms with Crippen LogP contribution in [0.15, 0.2) is 53.4 Å². The minimum absolute atomic E-state index is 0.142. The van der Waals surface area contributed by atoms with Crippen molar-refractivity contribution in [3.05, 3.63) is 65.5 Å². The van der Waals surface area contributed by atoms with Gasteiger partial charge in [0.1, 0.15) is 5.82 Å². The van der Waals surface area contributed by atoms with Gasteiger partial charge in [-0.25, -0.2) is 12.8 Å². The number of nitrogens with zero attached hydrogens (tertiary/aromatic N) is 1. The van der Waals surface area contributed by atoms with Crippen LogP contribution in [0.25, 0.3) is 0 Å². The average molecular weight is 305 g/mol. The molecule has 0 bridgehead atoms. The van der Waals surface area contributed by atoms with Crippen molar-refractivity contribution in [2.75, 3.05) is 6.54 Å². The van der Waals surface area contributed by atoms with Crippen LogP contribution in [0.2, 0.25) is 0 Å². The van der Waals surface area contributed by atoms with Crippen LogP contribution < -0.4 is 0 Å². The number of hydrogen-bond acceptors (Lipinski definition) is 2. The van der Waals surface area contributed by atoms with Gasteiger partial charge in [0.05, 0.1) is 4.90 Å². The normalized spacial score (nSPS) is 16.2. The van der Waals surface area contributed by atoms with Crippen molar-refractivity contribution in [2.45, 2.75) is 24.3 Å². The fraction of sp³-hybridized carbons (Fsp3) is 0.250. The monoisotopic (exact) mass is 305 g/mol. The van der Waals surface area contributed by atoms with Crippen molar-refractivity contribution >= 4 is 10.0 Å². The molecular formula is C16H16FNO2S. The summed E-state index contributed by atoms with van der Waals surface area (Å²) in [5.41, 5.74) is 2.25. The van der Waals surface area contributed by atoms with E-state index in [1.807, 2.05) is 24.3 Å². The molecule has 1 heterocycles. The molecule has 3 rings (SSSR count). The van der Waals surface area contributed by atoms with Gasteiger partial charge in [0.25, 0.3) is 0 Å². The molecule has 0 saturated carbocycles. The van der Waals surface area contributed by atoms with Crippen LogP contribution in [0.4, 0.5) is 4.39 Å². The third-order valence-electron chi connectivity index (χ3n) is 3.77. The Labute approximate surface area is 124 Å². The zero-order valence-electron chi connectivity index (χ0n) is 11.5. The minimum Gasteiger partial charge on any atom is -0.207 e. The molecule has 2 aromatic rings. The van der Waals surface area contributed by atoms with Gasteiger partial charge in [-0.15, -0.1) is 0 Å². The predicted octanol–water partition coefficient (Wildman–Crippen LogP) is 2.96. The van der Waals surface area contributed by atoms with Crippen molar-refractivity contribution in [2.24, 2.45) is 0 Å². The van der Waals surface area contributed by atoms with Crippen LogP contribution >= 0.6 is 0 Å². The van der Waals surface area contributed by atoms with Gasteiger partial charge < -0.3 is 0 Å². The summed E-state index contributed by atoms with van der Waals surface area (Å²) in [5.74, 6) is -0.435. The quantitative estimate of drug-likeness (QED) is 0.855. The van der Waals surface area contributed by atoms with E-state index in [2.05, 4.69) is 0 Å². The molecule has 1 aliphatic rings. The summed E-state index contributed by atoms with van der Waals surface area (Å²) in [5, 5.41) is 0. The molecular weight excluding hydrogens is 289 g/mol. The predicted molar refractivity (Wildman–Crippen MR) is 78.8 cm³/mol. The number of rotatable bonds is 2. The largest absolute Gasteiger partial charge is 0.243 e. The van der Waals surface area contributed by atoms with Crippen molar-refractivity contribution in [3.63, 3.8) is 0 Å². The molecule has 2 aromatic carbocycles. The second kappa shape index (κ2) is 5.58. The van der Waals surface area contributed by atoms with Crippen LogP contribution in [0.3, 0.4) is 0 Å². The molecule has 0 N–H and O–H groups in total. The average Bonchev–Trinajstić information content (AvgIpc) is 2.70. The number of fused-ring (bicyclic) bond motifs is 1. The SMILES string of the molecule is O=S(=O)(c1ccc(F)cc1)N1CCCc2ccccc2C1. The van der Waals surface area contributed by atoms with E-state index in [-0.39, 0.29) is 4.90 Å².